The third-order valence-corrected chi connectivity index (χ3v) is 5.16. The molecule has 2 aromatic carbocycles. The minimum atomic E-state index is -0.449. The molecule has 158 valence electrons. The predicted octanol–water partition coefficient (Wildman–Crippen LogP) is 3.67. The predicted molar refractivity (Wildman–Crippen MR) is 118 cm³/mol. The molecule has 0 spiro atoms. The van der Waals surface area contributed by atoms with Crippen LogP contribution in [0.3, 0.4) is 0 Å². The second-order valence-electron chi connectivity index (χ2n) is 7.24. The molecule has 1 N–H and O–H groups in total. The van der Waals surface area contributed by atoms with Gasteiger partial charge in [0, 0.05) is 42.8 Å². The summed E-state index contributed by atoms with van der Waals surface area (Å²) >= 11 is 0. The normalized spacial score (nSPS) is 13.6. The van der Waals surface area contributed by atoms with Crippen LogP contribution in [0.15, 0.2) is 67.0 Å². The second-order valence-corrected chi connectivity index (χ2v) is 7.24. The Labute approximate surface area is 179 Å². The molecule has 1 fully saturated rings. The number of carbonyl (C=O) groups excluding carboxylic acids is 1. The number of morpholine rings is 1. The van der Waals surface area contributed by atoms with Crippen LogP contribution in [-0.4, -0.2) is 42.1 Å². The quantitative estimate of drug-likeness (QED) is 0.485. The monoisotopic (exact) mass is 418 g/mol. The molecule has 0 saturated carbocycles. The van der Waals surface area contributed by atoms with Gasteiger partial charge < -0.3 is 15.0 Å². The number of nitrogens with zero attached hydrogens (tertiary/aromatic N) is 3. The number of pyridine rings is 1. The molecule has 1 aromatic heterocycles. The van der Waals surface area contributed by atoms with E-state index < -0.39 is 10.8 Å². The summed E-state index contributed by atoms with van der Waals surface area (Å²) in [6.07, 6.45) is 4.28. The fourth-order valence-electron chi connectivity index (χ4n) is 3.53. The van der Waals surface area contributed by atoms with Crippen molar-refractivity contribution in [1.29, 1.82) is 0 Å². The van der Waals surface area contributed by atoms with Crippen LogP contribution in [0.5, 0.6) is 0 Å². The number of amides is 1. The van der Waals surface area contributed by atoms with Crippen LogP contribution in [0.4, 0.5) is 17.1 Å². The minimum absolute atomic E-state index is 0.0813. The first-order valence-electron chi connectivity index (χ1n) is 10.0. The largest absolute Gasteiger partial charge is 0.378 e. The van der Waals surface area contributed by atoms with E-state index in [2.05, 4.69) is 10.3 Å². The van der Waals surface area contributed by atoms with E-state index in [0.29, 0.717) is 37.7 Å². The Balaban J connectivity index is 1.46. The van der Waals surface area contributed by atoms with E-state index in [1.54, 1.807) is 24.5 Å². The van der Waals surface area contributed by atoms with Gasteiger partial charge in [-0.25, -0.2) is 0 Å². The number of nitrogens with one attached hydrogen (secondary N) is 1. The summed E-state index contributed by atoms with van der Waals surface area (Å²) in [7, 11) is 0. The fraction of sp³-hybridized carbons (Fsp3) is 0.217. The molecule has 0 atom stereocenters. The lowest BCUT2D eigenvalue weighted by molar-refractivity contribution is -0.384. The first-order valence-corrected chi connectivity index (χ1v) is 10.0. The Morgan fingerprint density at radius 3 is 2.39 bits per heavy atom. The fourth-order valence-corrected chi connectivity index (χ4v) is 3.53. The summed E-state index contributed by atoms with van der Waals surface area (Å²) in [6, 6.07) is 16.0. The molecule has 31 heavy (non-hydrogen) atoms. The lowest BCUT2D eigenvalue weighted by Crippen LogP contribution is -2.36. The summed E-state index contributed by atoms with van der Waals surface area (Å²) in [5.74, 6) is -0.390. The van der Waals surface area contributed by atoms with Gasteiger partial charge in [-0.05, 0) is 53.9 Å². The topological polar surface area (TPSA) is 97.6 Å². The molecule has 1 saturated heterocycles. The van der Waals surface area contributed by atoms with Crippen LogP contribution < -0.4 is 10.2 Å². The number of rotatable bonds is 6. The van der Waals surface area contributed by atoms with Gasteiger partial charge >= 0.3 is 0 Å². The number of carbonyl (C=O) groups is 1. The number of hydrogen-bond acceptors (Lipinski definition) is 6. The Kier molecular flexibility index (Phi) is 6.18. The summed E-state index contributed by atoms with van der Waals surface area (Å²) in [6.45, 7) is 2.21. The van der Waals surface area contributed by atoms with Crippen LogP contribution in [0.25, 0.3) is 0 Å². The van der Waals surface area contributed by atoms with Crippen LogP contribution in [0.2, 0.25) is 0 Å². The number of benzene rings is 2. The molecule has 1 aliphatic heterocycles. The molecule has 8 heteroatoms. The molecule has 1 aliphatic rings. The van der Waals surface area contributed by atoms with Gasteiger partial charge in [-0.15, -0.1) is 0 Å². The van der Waals surface area contributed by atoms with Crippen molar-refractivity contribution in [2.75, 3.05) is 36.5 Å². The molecular formula is C23H22N4O4. The highest BCUT2D eigenvalue weighted by molar-refractivity contribution is 6.05. The van der Waals surface area contributed by atoms with E-state index in [9.17, 15) is 14.9 Å². The zero-order valence-electron chi connectivity index (χ0n) is 16.9. The highest BCUT2D eigenvalue weighted by Crippen LogP contribution is 2.30. The Hall–Kier alpha value is -3.78. The summed E-state index contributed by atoms with van der Waals surface area (Å²) in [5, 5.41) is 14.4. The van der Waals surface area contributed by atoms with Crippen molar-refractivity contribution in [3.63, 3.8) is 0 Å². The molecule has 3 aromatic rings. The third-order valence-electron chi connectivity index (χ3n) is 5.16. The number of anilines is 2. The van der Waals surface area contributed by atoms with Gasteiger partial charge in [-0.3, -0.25) is 19.9 Å². The second kappa shape index (κ2) is 9.36. The maximum absolute atomic E-state index is 12.7. The highest BCUT2D eigenvalue weighted by Gasteiger charge is 2.23. The van der Waals surface area contributed by atoms with E-state index >= 15 is 0 Å². The van der Waals surface area contributed by atoms with Gasteiger partial charge in [0.1, 0.15) is 5.69 Å². The Morgan fingerprint density at radius 1 is 1.03 bits per heavy atom. The van der Waals surface area contributed by atoms with Crippen LogP contribution in [0, 0.1) is 10.1 Å². The molecule has 4 rings (SSSR count). The molecule has 1 amide bonds. The van der Waals surface area contributed by atoms with Gasteiger partial charge in [0.05, 0.1) is 18.1 Å². The molecule has 0 bridgehead atoms. The van der Waals surface area contributed by atoms with Gasteiger partial charge in [0.2, 0.25) is 0 Å². The first-order chi connectivity index (χ1) is 15.1. The van der Waals surface area contributed by atoms with E-state index in [-0.39, 0.29) is 11.3 Å². The van der Waals surface area contributed by atoms with Gasteiger partial charge in [0.15, 0.2) is 0 Å². The van der Waals surface area contributed by atoms with Crippen molar-refractivity contribution in [1.82, 2.24) is 4.98 Å². The average Bonchev–Trinajstić information content (AvgIpc) is 2.81. The SMILES string of the molecule is O=C(Nc1ccc(Cc2ccncc2)cc1)c1ccc(N2CCOCC2)c([N+](=O)[O-])c1. The van der Waals surface area contributed by atoms with E-state index in [4.69, 9.17) is 4.74 Å². The van der Waals surface area contributed by atoms with E-state index in [1.165, 1.54) is 6.07 Å². The number of nitro benzene ring substituents is 1. The van der Waals surface area contributed by atoms with E-state index in [1.807, 2.05) is 41.3 Å². The standard InChI is InChI=1S/C23H22N4O4/c28-23(25-20-4-1-17(2-5-20)15-18-7-9-24-10-8-18)19-3-6-21(22(16-19)27(29)30)26-11-13-31-14-12-26/h1-10,16H,11-15H2,(H,25,28). The van der Waals surface area contributed by atoms with Gasteiger partial charge in [-0.2, -0.15) is 0 Å². The van der Waals surface area contributed by atoms with Gasteiger partial charge in [-0.1, -0.05) is 12.1 Å². The maximum Gasteiger partial charge on any atom is 0.293 e. The lowest BCUT2D eigenvalue weighted by Gasteiger charge is -2.28. The van der Waals surface area contributed by atoms with Crippen LogP contribution in [-0.2, 0) is 11.2 Å². The Bertz CT molecular complexity index is 1060. The molecule has 8 nitrogen and oxygen atoms in total. The van der Waals surface area contributed by atoms with E-state index in [0.717, 1.165) is 17.5 Å². The van der Waals surface area contributed by atoms with Gasteiger partial charge in [0.25, 0.3) is 11.6 Å². The van der Waals surface area contributed by atoms with Crippen molar-refractivity contribution >= 4 is 23.0 Å². The average molecular weight is 418 g/mol. The highest BCUT2D eigenvalue weighted by atomic mass is 16.6. The molecule has 0 aliphatic carbocycles. The van der Waals surface area contributed by atoms with Crippen molar-refractivity contribution in [3.05, 3.63) is 93.8 Å². The van der Waals surface area contributed by atoms with Crippen molar-refractivity contribution in [2.24, 2.45) is 0 Å². The molecule has 2 heterocycles. The van der Waals surface area contributed by atoms with Crippen molar-refractivity contribution in [3.8, 4) is 0 Å². The number of nitro groups is 1. The summed E-state index contributed by atoms with van der Waals surface area (Å²) in [5.41, 5.74) is 3.55. The molecule has 0 unspecified atom stereocenters. The molecule has 0 radical (unpaired) electrons. The minimum Gasteiger partial charge on any atom is -0.378 e. The molecular weight excluding hydrogens is 396 g/mol. The third kappa shape index (κ3) is 5.04. The number of aromatic nitrogens is 1. The summed E-state index contributed by atoms with van der Waals surface area (Å²) < 4.78 is 5.31. The smallest absolute Gasteiger partial charge is 0.293 e. The number of hydrogen-bond donors (Lipinski definition) is 1. The zero-order valence-corrected chi connectivity index (χ0v) is 16.9. The lowest BCUT2D eigenvalue weighted by atomic mass is 10.1. The van der Waals surface area contributed by atoms with Crippen LogP contribution >= 0.6 is 0 Å². The number of ether oxygens (including phenoxy) is 1. The van der Waals surface area contributed by atoms with Crippen molar-refractivity contribution in [2.45, 2.75) is 6.42 Å². The van der Waals surface area contributed by atoms with Crippen LogP contribution in [0.1, 0.15) is 21.5 Å². The maximum atomic E-state index is 12.7. The first kappa shape index (κ1) is 20.5. The zero-order chi connectivity index (χ0) is 21.6. The summed E-state index contributed by atoms with van der Waals surface area (Å²) in [4.78, 5) is 29.7. The van der Waals surface area contributed by atoms with Crippen molar-refractivity contribution < 1.29 is 14.5 Å². The Morgan fingerprint density at radius 2 is 1.71 bits per heavy atom.